The molecule has 0 aliphatic carbocycles. The van der Waals surface area contributed by atoms with Crippen molar-refractivity contribution >= 4 is 27.5 Å². The Kier molecular flexibility index (Phi) is 7.29. The van der Waals surface area contributed by atoms with Gasteiger partial charge in [0.25, 0.3) is 0 Å². The van der Waals surface area contributed by atoms with Gasteiger partial charge in [0.15, 0.2) is 0 Å². The second-order valence-electron chi connectivity index (χ2n) is 7.08. The molecular weight excluding hydrogens is 410 g/mol. The van der Waals surface area contributed by atoms with Gasteiger partial charge in [0.1, 0.15) is 6.04 Å². The molecule has 0 bridgehead atoms. The van der Waals surface area contributed by atoms with E-state index in [1.807, 2.05) is 30.3 Å². The van der Waals surface area contributed by atoms with Gasteiger partial charge in [0.2, 0.25) is 15.9 Å². The Morgan fingerprint density at radius 3 is 2.24 bits per heavy atom. The van der Waals surface area contributed by atoms with E-state index in [-0.39, 0.29) is 10.8 Å². The van der Waals surface area contributed by atoms with Crippen molar-refractivity contribution in [2.24, 2.45) is 0 Å². The molecule has 2 aromatic rings. The molecule has 1 saturated heterocycles. The lowest BCUT2D eigenvalue weighted by Crippen LogP contribution is -2.55. The minimum absolute atomic E-state index is 0.0866. The Hall–Kier alpha value is -1.93. The maximum absolute atomic E-state index is 13.2. The highest BCUT2D eigenvalue weighted by atomic mass is 35.5. The number of amides is 1. The zero-order valence-corrected chi connectivity index (χ0v) is 18.0. The van der Waals surface area contributed by atoms with Gasteiger partial charge in [-0.2, -0.15) is 4.72 Å². The maximum Gasteiger partial charge on any atom is 0.241 e. The molecule has 6 nitrogen and oxygen atoms in total. The number of carbonyl (C=O) groups is 1. The van der Waals surface area contributed by atoms with Gasteiger partial charge in [-0.25, -0.2) is 8.42 Å². The SMILES string of the molecule is CCN1CCN(C(=O)[C@@H](Cc2ccccc2)NS(=O)(=O)c2ccc(Cl)cc2)CC1. The van der Waals surface area contributed by atoms with Gasteiger partial charge in [0, 0.05) is 31.2 Å². The zero-order valence-electron chi connectivity index (χ0n) is 16.4. The molecule has 156 valence electrons. The first kappa shape index (κ1) is 21.8. The summed E-state index contributed by atoms with van der Waals surface area (Å²) < 4.78 is 28.4. The van der Waals surface area contributed by atoms with Crippen LogP contribution in [-0.2, 0) is 21.2 Å². The van der Waals surface area contributed by atoms with Gasteiger partial charge < -0.3 is 9.80 Å². The summed E-state index contributed by atoms with van der Waals surface area (Å²) in [6, 6.07) is 14.5. The quantitative estimate of drug-likeness (QED) is 0.725. The Labute approximate surface area is 177 Å². The smallest absolute Gasteiger partial charge is 0.241 e. The van der Waals surface area contributed by atoms with Gasteiger partial charge in [-0.1, -0.05) is 48.9 Å². The molecule has 1 amide bonds. The molecule has 1 aliphatic rings. The standard InChI is InChI=1S/C21H26ClN3O3S/c1-2-24-12-14-25(15-13-24)21(26)20(16-17-6-4-3-5-7-17)23-29(27,28)19-10-8-18(22)9-11-19/h3-11,20,23H,2,12-16H2,1H3/t20-/m1/s1. The molecular formula is C21H26ClN3O3S. The van der Waals surface area contributed by atoms with E-state index in [1.165, 1.54) is 24.3 Å². The number of benzene rings is 2. The lowest BCUT2D eigenvalue weighted by molar-refractivity contribution is -0.134. The molecule has 0 aromatic heterocycles. The Bertz CT molecular complexity index is 912. The number of nitrogens with zero attached hydrogens (tertiary/aromatic N) is 2. The summed E-state index contributed by atoms with van der Waals surface area (Å²) in [7, 11) is -3.86. The number of likely N-dealkylation sites (N-methyl/N-ethyl adjacent to an activating group) is 1. The molecule has 1 heterocycles. The van der Waals surface area contributed by atoms with Gasteiger partial charge in [-0.3, -0.25) is 4.79 Å². The van der Waals surface area contributed by atoms with E-state index in [4.69, 9.17) is 11.6 Å². The van der Waals surface area contributed by atoms with Crippen molar-refractivity contribution in [3.8, 4) is 0 Å². The summed E-state index contributed by atoms with van der Waals surface area (Å²) in [6.07, 6.45) is 0.292. The number of carbonyl (C=O) groups excluding carboxylic acids is 1. The maximum atomic E-state index is 13.2. The Balaban J connectivity index is 1.81. The number of hydrogen-bond acceptors (Lipinski definition) is 4. The van der Waals surface area contributed by atoms with Crippen LogP contribution in [0.3, 0.4) is 0 Å². The second-order valence-corrected chi connectivity index (χ2v) is 9.23. The second kappa shape index (κ2) is 9.71. The van der Waals surface area contributed by atoms with Gasteiger partial charge in [-0.05, 0) is 42.8 Å². The van der Waals surface area contributed by atoms with Crippen LogP contribution in [0.5, 0.6) is 0 Å². The van der Waals surface area contributed by atoms with Crippen molar-refractivity contribution in [2.45, 2.75) is 24.3 Å². The molecule has 0 unspecified atom stereocenters. The first-order valence-electron chi connectivity index (χ1n) is 9.72. The molecule has 1 aliphatic heterocycles. The zero-order chi connectivity index (χ0) is 20.9. The van der Waals surface area contributed by atoms with E-state index < -0.39 is 16.1 Å². The average molecular weight is 436 g/mol. The van der Waals surface area contributed by atoms with Crippen molar-refractivity contribution in [2.75, 3.05) is 32.7 Å². The fraction of sp³-hybridized carbons (Fsp3) is 0.381. The summed E-state index contributed by atoms with van der Waals surface area (Å²) in [5.41, 5.74) is 0.900. The Morgan fingerprint density at radius 1 is 1.03 bits per heavy atom. The highest BCUT2D eigenvalue weighted by Crippen LogP contribution is 2.16. The van der Waals surface area contributed by atoms with Crippen LogP contribution in [0, 0.1) is 0 Å². The number of nitrogens with one attached hydrogen (secondary N) is 1. The van der Waals surface area contributed by atoms with Crippen LogP contribution < -0.4 is 4.72 Å². The molecule has 0 saturated carbocycles. The fourth-order valence-electron chi connectivity index (χ4n) is 3.40. The van der Waals surface area contributed by atoms with Crippen LogP contribution in [0.4, 0.5) is 0 Å². The first-order valence-corrected chi connectivity index (χ1v) is 11.6. The van der Waals surface area contributed by atoms with Crippen LogP contribution in [0.25, 0.3) is 0 Å². The minimum Gasteiger partial charge on any atom is -0.339 e. The third-order valence-corrected chi connectivity index (χ3v) is 6.87. The van der Waals surface area contributed by atoms with Crippen molar-refractivity contribution in [1.29, 1.82) is 0 Å². The van der Waals surface area contributed by atoms with Crippen molar-refractivity contribution in [3.63, 3.8) is 0 Å². The largest absolute Gasteiger partial charge is 0.339 e. The van der Waals surface area contributed by atoms with E-state index in [2.05, 4.69) is 16.5 Å². The van der Waals surface area contributed by atoms with Crippen LogP contribution in [-0.4, -0.2) is 62.9 Å². The van der Waals surface area contributed by atoms with Crippen LogP contribution in [0.15, 0.2) is 59.5 Å². The summed E-state index contributed by atoms with van der Waals surface area (Å²) in [6.45, 7) is 5.82. The molecule has 2 aromatic carbocycles. The summed E-state index contributed by atoms with van der Waals surface area (Å²) in [5.74, 6) is -0.192. The summed E-state index contributed by atoms with van der Waals surface area (Å²) in [4.78, 5) is 17.3. The van der Waals surface area contributed by atoms with E-state index >= 15 is 0 Å². The van der Waals surface area contributed by atoms with Gasteiger partial charge in [-0.15, -0.1) is 0 Å². The van der Waals surface area contributed by atoms with Gasteiger partial charge >= 0.3 is 0 Å². The lowest BCUT2D eigenvalue weighted by Gasteiger charge is -2.36. The molecule has 8 heteroatoms. The van der Waals surface area contributed by atoms with E-state index in [0.717, 1.165) is 25.2 Å². The van der Waals surface area contributed by atoms with Crippen LogP contribution >= 0.6 is 11.6 Å². The monoisotopic (exact) mass is 435 g/mol. The van der Waals surface area contributed by atoms with E-state index in [1.54, 1.807) is 4.90 Å². The van der Waals surface area contributed by atoms with Crippen molar-refractivity contribution < 1.29 is 13.2 Å². The van der Waals surface area contributed by atoms with E-state index in [0.29, 0.717) is 24.5 Å². The molecule has 1 atom stereocenters. The number of sulfonamides is 1. The van der Waals surface area contributed by atoms with Crippen LogP contribution in [0.2, 0.25) is 5.02 Å². The molecule has 1 fully saturated rings. The third-order valence-electron chi connectivity index (χ3n) is 5.13. The highest BCUT2D eigenvalue weighted by molar-refractivity contribution is 7.89. The summed E-state index contributed by atoms with van der Waals surface area (Å²) >= 11 is 5.87. The number of rotatable bonds is 7. The first-order chi connectivity index (χ1) is 13.9. The predicted octanol–water partition coefficient (Wildman–Crippen LogP) is 2.39. The summed E-state index contributed by atoms with van der Waals surface area (Å²) in [5, 5.41) is 0.453. The topological polar surface area (TPSA) is 69.7 Å². The van der Waals surface area contributed by atoms with Crippen molar-refractivity contribution in [3.05, 3.63) is 65.2 Å². The molecule has 0 spiro atoms. The molecule has 0 radical (unpaired) electrons. The van der Waals surface area contributed by atoms with E-state index in [9.17, 15) is 13.2 Å². The Morgan fingerprint density at radius 2 is 1.66 bits per heavy atom. The molecule has 3 rings (SSSR count). The van der Waals surface area contributed by atoms with Crippen LogP contribution in [0.1, 0.15) is 12.5 Å². The van der Waals surface area contributed by atoms with Crippen molar-refractivity contribution in [1.82, 2.24) is 14.5 Å². The number of hydrogen-bond donors (Lipinski definition) is 1. The lowest BCUT2D eigenvalue weighted by atomic mass is 10.1. The minimum atomic E-state index is -3.86. The number of halogens is 1. The predicted molar refractivity (Wildman–Crippen MR) is 114 cm³/mol. The molecule has 1 N–H and O–H groups in total. The normalized spacial score (nSPS) is 16.6. The number of piperazine rings is 1. The third kappa shape index (κ3) is 5.79. The fourth-order valence-corrected chi connectivity index (χ4v) is 4.72. The molecule has 29 heavy (non-hydrogen) atoms. The average Bonchev–Trinajstić information content (AvgIpc) is 2.74. The highest BCUT2D eigenvalue weighted by Gasteiger charge is 2.31. The van der Waals surface area contributed by atoms with Gasteiger partial charge in [0.05, 0.1) is 4.90 Å².